The largest absolute Gasteiger partial charge is 0.457 e. The third-order valence-corrected chi connectivity index (χ3v) is 6.33. The Kier molecular flexibility index (Phi) is 7.77. The number of nitrogens with one attached hydrogen (secondary N) is 1. The summed E-state index contributed by atoms with van der Waals surface area (Å²) in [6, 6.07) is 32.4. The van der Waals surface area contributed by atoms with Gasteiger partial charge in [-0.25, -0.2) is 13.8 Å². The molecule has 0 atom stereocenters. The summed E-state index contributed by atoms with van der Waals surface area (Å²) in [5.41, 5.74) is 4.48. The first-order chi connectivity index (χ1) is 17.4. The number of amides is 1. The lowest BCUT2D eigenvalue weighted by molar-refractivity contribution is 0.0956. The van der Waals surface area contributed by atoms with E-state index in [9.17, 15) is 13.2 Å². The van der Waals surface area contributed by atoms with E-state index in [1.54, 1.807) is 30.3 Å². The van der Waals surface area contributed by atoms with Crippen molar-refractivity contribution in [2.24, 2.45) is 5.10 Å². The molecule has 7 nitrogen and oxygen atoms in total. The van der Waals surface area contributed by atoms with E-state index in [-0.39, 0.29) is 17.8 Å². The Morgan fingerprint density at radius 3 is 2.22 bits per heavy atom. The fourth-order valence-electron chi connectivity index (χ4n) is 3.52. The third-order valence-electron chi connectivity index (χ3n) is 5.20. The molecule has 4 aromatic carbocycles. The van der Waals surface area contributed by atoms with Crippen molar-refractivity contribution >= 4 is 27.8 Å². The minimum absolute atomic E-state index is 0.0987. The normalized spacial score (nSPS) is 11.2. The maximum Gasteiger partial charge on any atom is 0.273 e. The van der Waals surface area contributed by atoms with Crippen LogP contribution in [0.15, 0.2) is 114 Å². The van der Waals surface area contributed by atoms with Gasteiger partial charge in [-0.3, -0.25) is 9.10 Å². The Hall–Kier alpha value is -4.43. The number of anilines is 1. The summed E-state index contributed by atoms with van der Waals surface area (Å²) >= 11 is 0. The summed E-state index contributed by atoms with van der Waals surface area (Å²) in [5, 5.41) is 4.06. The topological polar surface area (TPSA) is 88.1 Å². The molecule has 0 aliphatic heterocycles. The van der Waals surface area contributed by atoms with Crippen molar-refractivity contribution in [3.63, 3.8) is 0 Å². The Morgan fingerprint density at radius 2 is 1.50 bits per heavy atom. The van der Waals surface area contributed by atoms with Crippen LogP contribution in [-0.2, 0) is 16.6 Å². The van der Waals surface area contributed by atoms with Crippen LogP contribution in [0.4, 0.5) is 5.69 Å². The standard InChI is InChI=1S/C28H25N3O4S/c1-36(33,34)31(21-22-11-4-2-5-12-22)27-18-9-8-17-26(27)28(32)30-29-20-23-13-10-16-25(19-23)35-24-14-6-3-7-15-24/h2-20H,21H2,1H3,(H,30,32)/b29-20+. The lowest BCUT2D eigenvalue weighted by atomic mass is 10.1. The van der Waals surface area contributed by atoms with Crippen LogP contribution in [0.1, 0.15) is 21.5 Å². The van der Waals surface area contributed by atoms with Gasteiger partial charge in [0.25, 0.3) is 5.91 Å². The highest BCUT2D eigenvalue weighted by Gasteiger charge is 2.23. The molecule has 0 radical (unpaired) electrons. The van der Waals surface area contributed by atoms with Crippen LogP contribution < -0.4 is 14.5 Å². The van der Waals surface area contributed by atoms with E-state index in [0.717, 1.165) is 17.4 Å². The fourth-order valence-corrected chi connectivity index (χ4v) is 4.42. The van der Waals surface area contributed by atoms with E-state index >= 15 is 0 Å². The maximum absolute atomic E-state index is 13.0. The molecule has 1 amide bonds. The number of para-hydroxylation sites is 2. The molecule has 0 heterocycles. The second-order valence-corrected chi connectivity index (χ2v) is 9.87. The lowest BCUT2D eigenvalue weighted by Gasteiger charge is -2.24. The van der Waals surface area contributed by atoms with Crippen molar-refractivity contribution in [2.75, 3.05) is 10.6 Å². The average molecular weight is 500 g/mol. The highest BCUT2D eigenvalue weighted by atomic mass is 32.2. The zero-order chi connectivity index (χ0) is 25.4. The van der Waals surface area contributed by atoms with Gasteiger partial charge in [-0.2, -0.15) is 5.10 Å². The number of hydrogen-bond acceptors (Lipinski definition) is 5. The molecule has 0 aromatic heterocycles. The number of carbonyl (C=O) groups is 1. The van der Waals surface area contributed by atoms with Crippen LogP contribution in [0.3, 0.4) is 0 Å². The van der Waals surface area contributed by atoms with E-state index in [0.29, 0.717) is 11.5 Å². The van der Waals surface area contributed by atoms with E-state index in [1.807, 2.05) is 78.9 Å². The van der Waals surface area contributed by atoms with Crippen LogP contribution in [0.2, 0.25) is 0 Å². The van der Waals surface area contributed by atoms with Gasteiger partial charge in [-0.05, 0) is 47.5 Å². The van der Waals surface area contributed by atoms with Crippen molar-refractivity contribution in [1.82, 2.24) is 5.43 Å². The molecule has 0 aliphatic carbocycles. The molecule has 0 bridgehead atoms. The second-order valence-electron chi connectivity index (χ2n) is 7.96. The minimum Gasteiger partial charge on any atom is -0.457 e. The SMILES string of the molecule is CS(=O)(=O)N(Cc1ccccc1)c1ccccc1C(=O)N/N=C/c1cccc(Oc2ccccc2)c1. The smallest absolute Gasteiger partial charge is 0.273 e. The third kappa shape index (κ3) is 6.58. The quantitative estimate of drug-likeness (QED) is 0.253. The summed E-state index contributed by atoms with van der Waals surface area (Å²) in [4.78, 5) is 13.0. The summed E-state index contributed by atoms with van der Waals surface area (Å²) in [7, 11) is -3.67. The van der Waals surface area contributed by atoms with Gasteiger partial charge in [0, 0.05) is 0 Å². The molecule has 1 N–H and O–H groups in total. The van der Waals surface area contributed by atoms with Crippen molar-refractivity contribution in [3.05, 3.63) is 126 Å². The first-order valence-corrected chi connectivity index (χ1v) is 13.0. The predicted molar refractivity (Wildman–Crippen MR) is 142 cm³/mol. The highest BCUT2D eigenvalue weighted by molar-refractivity contribution is 7.92. The van der Waals surface area contributed by atoms with Crippen LogP contribution >= 0.6 is 0 Å². The predicted octanol–water partition coefficient (Wildman–Crippen LogP) is 5.21. The van der Waals surface area contributed by atoms with Crippen LogP contribution in [-0.4, -0.2) is 26.8 Å². The molecule has 8 heteroatoms. The molecule has 4 rings (SSSR count). The summed E-state index contributed by atoms with van der Waals surface area (Å²) in [6.07, 6.45) is 2.62. The fraction of sp³-hybridized carbons (Fsp3) is 0.0714. The minimum atomic E-state index is -3.67. The first-order valence-electron chi connectivity index (χ1n) is 11.2. The highest BCUT2D eigenvalue weighted by Crippen LogP contribution is 2.25. The Labute approximate surface area is 210 Å². The first kappa shape index (κ1) is 24.7. The second kappa shape index (κ2) is 11.3. The molecule has 0 saturated carbocycles. The van der Waals surface area contributed by atoms with Crippen molar-refractivity contribution in [1.29, 1.82) is 0 Å². The van der Waals surface area contributed by atoms with Crippen molar-refractivity contribution in [3.8, 4) is 11.5 Å². The van der Waals surface area contributed by atoms with Crippen LogP contribution in [0.25, 0.3) is 0 Å². The summed E-state index contributed by atoms with van der Waals surface area (Å²) < 4.78 is 32.3. The van der Waals surface area contributed by atoms with Crippen LogP contribution in [0, 0.1) is 0 Å². The van der Waals surface area contributed by atoms with E-state index < -0.39 is 15.9 Å². The molecule has 4 aromatic rings. The number of benzene rings is 4. The Bertz CT molecular complexity index is 1460. The van der Waals surface area contributed by atoms with Gasteiger partial charge in [-0.1, -0.05) is 72.8 Å². The van der Waals surface area contributed by atoms with Gasteiger partial charge in [0.15, 0.2) is 0 Å². The summed E-state index contributed by atoms with van der Waals surface area (Å²) in [6.45, 7) is 0.0987. The Morgan fingerprint density at radius 1 is 0.861 bits per heavy atom. The number of hydrazone groups is 1. The molecule has 182 valence electrons. The molecular weight excluding hydrogens is 474 g/mol. The van der Waals surface area contributed by atoms with Gasteiger partial charge in [0.05, 0.1) is 30.3 Å². The maximum atomic E-state index is 13.0. The van der Waals surface area contributed by atoms with Gasteiger partial charge in [-0.15, -0.1) is 0 Å². The van der Waals surface area contributed by atoms with Crippen molar-refractivity contribution in [2.45, 2.75) is 6.54 Å². The Balaban J connectivity index is 1.50. The molecule has 0 saturated heterocycles. The average Bonchev–Trinajstić information content (AvgIpc) is 2.88. The zero-order valence-electron chi connectivity index (χ0n) is 19.6. The monoisotopic (exact) mass is 499 g/mol. The molecule has 0 aliphatic rings. The van der Waals surface area contributed by atoms with E-state index in [1.165, 1.54) is 10.5 Å². The van der Waals surface area contributed by atoms with Gasteiger partial charge >= 0.3 is 0 Å². The number of sulfonamides is 1. The van der Waals surface area contributed by atoms with E-state index in [4.69, 9.17) is 4.74 Å². The van der Waals surface area contributed by atoms with Gasteiger partial charge in [0.1, 0.15) is 11.5 Å². The van der Waals surface area contributed by atoms with E-state index in [2.05, 4.69) is 10.5 Å². The number of hydrogen-bond donors (Lipinski definition) is 1. The lowest BCUT2D eigenvalue weighted by Crippen LogP contribution is -2.32. The summed E-state index contributed by atoms with van der Waals surface area (Å²) in [5.74, 6) is 0.814. The zero-order valence-corrected chi connectivity index (χ0v) is 20.4. The number of ether oxygens (including phenoxy) is 1. The molecular formula is C28H25N3O4S. The number of nitrogens with zero attached hydrogens (tertiary/aromatic N) is 2. The number of rotatable bonds is 9. The van der Waals surface area contributed by atoms with Crippen LogP contribution in [0.5, 0.6) is 11.5 Å². The molecule has 36 heavy (non-hydrogen) atoms. The van der Waals surface area contributed by atoms with Gasteiger partial charge < -0.3 is 4.74 Å². The van der Waals surface area contributed by atoms with Gasteiger partial charge in [0.2, 0.25) is 10.0 Å². The molecule has 0 fully saturated rings. The number of carbonyl (C=O) groups excluding carboxylic acids is 1. The molecule has 0 unspecified atom stereocenters. The van der Waals surface area contributed by atoms with Crippen molar-refractivity contribution < 1.29 is 17.9 Å². The molecule has 0 spiro atoms.